The van der Waals surface area contributed by atoms with Crippen LogP contribution < -0.4 is 5.32 Å². The van der Waals surface area contributed by atoms with Gasteiger partial charge in [-0.05, 0) is 12.1 Å². The summed E-state index contributed by atoms with van der Waals surface area (Å²) in [5.41, 5.74) is 0.920. The lowest BCUT2D eigenvalue weighted by Crippen LogP contribution is -2.42. The van der Waals surface area contributed by atoms with Crippen molar-refractivity contribution in [1.82, 2.24) is 10.1 Å². The van der Waals surface area contributed by atoms with Gasteiger partial charge in [0.25, 0.3) is 5.79 Å². The highest BCUT2D eigenvalue weighted by Gasteiger charge is 2.39. The predicted molar refractivity (Wildman–Crippen MR) is 87.3 cm³/mol. The lowest BCUT2D eigenvalue weighted by atomic mass is 10.1. The van der Waals surface area contributed by atoms with Crippen LogP contribution in [0.3, 0.4) is 0 Å². The summed E-state index contributed by atoms with van der Waals surface area (Å²) in [5, 5.41) is 6.73. The Bertz CT molecular complexity index is 837. The number of hydrogen-bond acceptors (Lipinski definition) is 8. The molecule has 1 aliphatic rings. The maximum atomic E-state index is 12.0. The SMILES string of the molecule is CC1(C)OC(=O)C(=CNc2ccccc2-c2noc(CCl)n2)C(=O)O1. The number of halogens is 1. The topological polar surface area (TPSA) is 104 Å². The first-order valence-electron chi connectivity index (χ1n) is 7.31. The summed E-state index contributed by atoms with van der Waals surface area (Å²) in [6.45, 7) is 2.96. The number of esters is 2. The lowest BCUT2D eigenvalue weighted by Gasteiger charge is -2.29. The van der Waals surface area contributed by atoms with Crippen LogP contribution in [0.5, 0.6) is 0 Å². The van der Waals surface area contributed by atoms with Gasteiger partial charge in [-0.15, -0.1) is 11.6 Å². The number of aromatic nitrogens is 2. The summed E-state index contributed by atoms with van der Waals surface area (Å²) in [6, 6.07) is 7.04. The minimum Gasteiger partial charge on any atom is -0.419 e. The van der Waals surface area contributed by atoms with Gasteiger partial charge < -0.3 is 19.3 Å². The second kappa shape index (κ2) is 6.56. The normalized spacial score (nSPS) is 16.2. The monoisotopic (exact) mass is 363 g/mol. The van der Waals surface area contributed by atoms with Gasteiger partial charge in [0.05, 0.1) is 0 Å². The summed E-state index contributed by atoms with van der Waals surface area (Å²) >= 11 is 5.66. The first-order chi connectivity index (χ1) is 11.9. The number of cyclic esters (lactones) is 2. The Morgan fingerprint density at radius 1 is 1.20 bits per heavy atom. The van der Waals surface area contributed by atoms with Crippen LogP contribution in [0.2, 0.25) is 0 Å². The highest BCUT2D eigenvalue weighted by atomic mass is 35.5. The van der Waals surface area contributed by atoms with E-state index in [0.717, 1.165) is 0 Å². The molecule has 0 radical (unpaired) electrons. The number of hydrogen-bond donors (Lipinski definition) is 1. The molecule has 2 heterocycles. The van der Waals surface area contributed by atoms with Crippen molar-refractivity contribution >= 4 is 29.2 Å². The molecule has 0 spiro atoms. The standard InChI is InChI=1S/C16H14ClN3O5/c1-16(2)23-14(21)10(15(22)24-16)8-18-11-6-4-3-5-9(11)13-19-12(7-17)25-20-13/h3-6,8,18H,7H2,1-2H3. The fourth-order valence-corrected chi connectivity index (χ4v) is 2.26. The lowest BCUT2D eigenvalue weighted by molar-refractivity contribution is -0.222. The van der Waals surface area contributed by atoms with Crippen molar-refractivity contribution in [2.75, 3.05) is 5.32 Å². The Hall–Kier alpha value is -2.87. The molecular formula is C16H14ClN3O5. The van der Waals surface area contributed by atoms with Crippen LogP contribution in [0.25, 0.3) is 11.4 Å². The van der Waals surface area contributed by atoms with Crippen LogP contribution in [-0.4, -0.2) is 27.9 Å². The van der Waals surface area contributed by atoms with E-state index in [4.69, 9.17) is 25.6 Å². The van der Waals surface area contributed by atoms with Crippen LogP contribution in [0.4, 0.5) is 5.69 Å². The van der Waals surface area contributed by atoms with Crippen LogP contribution >= 0.6 is 11.6 Å². The quantitative estimate of drug-likeness (QED) is 0.382. The Labute approximate surface area is 147 Å². The zero-order valence-corrected chi connectivity index (χ0v) is 14.2. The Balaban J connectivity index is 1.87. The van der Waals surface area contributed by atoms with Gasteiger partial charge in [0.1, 0.15) is 5.88 Å². The van der Waals surface area contributed by atoms with Crippen LogP contribution in [-0.2, 0) is 24.9 Å². The first-order valence-corrected chi connectivity index (χ1v) is 7.84. The van der Waals surface area contributed by atoms with E-state index in [2.05, 4.69) is 15.5 Å². The van der Waals surface area contributed by atoms with Crippen LogP contribution in [0.1, 0.15) is 19.7 Å². The molecule has 2 aromatic rings. The number of benzene rings is 1. The van der Waals surface area contributed by atoms with E-state index in [-0.39, 0.29) is 17.3 Å². The third-order valence-electron chi connectivity index (χ3n) is 3.24. The fourth-order valence-electron chi connectivity index (χ4n) is 2.15. The predicted octanol–water partition coefficient (Wildman–Crippen LogP) is 2.61. The zero-order chi connectivity index (χ0) is 18.0. The molecule has 0 unspecified atom stereocenters. The summed E-state index contributed by atoms with van der Waals surface area (Å²) < 4.78 is 15.1. The number of nitrogens with one attached hydrogen (secondary N) is 1. The molecule has 1 saturated heterocycles. The number of nitrogens with zero attached hydrogens (tertiary/aromatic N) is 2. The smallest absolute Gasteiger partial charge is 0.350 e. The van der Waals surface area contributed by atoms with Gasteiger partial charge in [-0.1, -0.05) is 17.3 Å². The summed E-state index contributed by atoms with van der Waals surface area (Å²) in [4.78, 5) is 28.1. The maximum absolute atomic E-state index is 12.0. The van der Waals surface area contributed by atoms with E-state index in [1.165, 1.54) is 20.0 Å². The van der Waals surface area contributed by atoms with Crippen molar-refractivity contribution in [1.29, 1.82) is 0 Å². The molecule has 130 valence electrons. The van der Waals surface area contributed by atoms with E-state index in [0.29, 0.717) is 17.1 Å². The number of para-hydroxylation sites is 1. The molecule has 3 rings (SSSR count). The molecule has 1 aromatic carbocycles. The van der Waals surface area contributed by atoms with Crippen LogP contribution in [0.15, 0.2) is 40.6 Å². The van der Waals surface area contributed by atoms with Gasteiger partial charge in [-0.25, -0.2) is 9.59 Å². The minimum atomic E-state index is -1.29. The number of rotatable bonds is 4. The fraction of sp³-hybridized carbons (Fsp3) is 0.250. The van der Waals surface area contributed by atoms with Crippen molar-refractivity contribution in [3.63, 3.8) is 0 Å². The van der Waals surface area contributed by atoms with Gasteiger partial charge in [-0.2, -0.15) is 4.98 Å². The molecule has 0 saturated carbocycles. The number of ether oxygens (including phenoxy) is 2. The summed E-state index contributed by atoms with van der Waals surface area (Å²) in [6.07, 6.45) is 1.22. The van der Waals surface area contributed by atoms with E-state index < -0.39 is 17.7 Å². The number of carbonyl (C=O) groups excluding carboxylic acids is 2. The molecule has 1 N–H and O–H groups in total. The van der Waals surface area contributed by atoms with Crippen molar-refractivity contribution in [2.45, 2.75) is 25.5 Å². The molecule has 0 bridgehead atoms. The summed E-state index contributed by atoms with van der Waals surface area (Å²) in [7, 11) is 0. The average Bonchev–Trinajstić information content (AvgIpc) is 3.02. The molecule has 9 heteroatoms. The molecule has 0 amide bonds. The van der Waals surface area contributed by atoms with Gasteiger partial charge in [0, 0.05) is 31.3 Å². The van der Waals surface area contributed by atoms with E-state index in [1.54, 1.807) is 24.3 Å². The molecule has 1 aliphatic heterocycles. The number of carbonyl (C=O) groups is 2. The van der Waals surface area contributed by atoms with Crippen molar-refractivity contribution in [2.24, 2.45) is 0 Å². The molecular weight excluding hydrogens is 350 g/mol. The maximum Gasteiger partial charge on any atom is 0.350 e. The van der Waals surface area contributed by atoms with Crippen molar-refractivity contribution in [3.8, 4) is 11.4 Å². The van der Waals surface area contributed by atoms with Crippen molar-refractivity contribution < 1.29 is 23.6 Å². The summed E-state index contributed by atoms with van der Waals surface area (Å²) in [5.74, 6) is -2.12. The zero-order valence-electron chi connectivity index (χ0n) is 13.4. The molecule has 1 aromatic heterocycles. The second-order valence-electron chi connectivity index (χ2n) is 5.57. The van der Waals surface area contributed by atoms with E-state index in [1.807, 2.05) is 0 Å². The van der Waals surface area contributed by atoms with Crippen LogP contribution in [0, 0.1) is 0 Å². The highest BCUT2D eigenvalue weighted by Crippen LogP contribution is 2.27. The van der Waals surface area contributed by atoms with E-state index >= 15 is 0 Å². The van der Waals surface area contributed by atoms with Gasteiger partial charge in [-0.3, -0.25) is 0 Å². The van der Waals surface area contributed by atoms with Gasteiger partial charge in [0.15, 0.2) is 5.57 Å². The Kier molecular flexibility index (Phi) is 4.45. The van der Waals surface area contributed by atoms with Gasteiger partial charge in [0.2, 0.25) is 11.7 Å². The molecule has 1 fully saturated rings. The molecule has 0 aliphatic carbocycles. The van der Waals surface area contributed by atoms with Gasteiger partial charge >= 0.3 is 11.9 Å². The molecule has 8 nitrogen and oxygen atoms in total. The Morgan fingerprint density at radius 2 is 1.88 bits per heavy atom. The minimum absolute atomic E-state index is 0.0973. The number of anilines is 1. The largest absolute Gasteiger partial charge is 0.419 e. The molecule has 25 heavy (non-hydrogen) atoms. The number of alkyl halides is 1. The Morgan fingerprint density at radius 3 is 2.52 bits per heavy atom. The third-order valence-corrected chi connectivity index (χ3v) is 3.47. The second-order valence-corrected chi connectivity index (χ2v) is 5.84. The van der Waals surface area contributed by atoms with E-state index in [9.17, 15) is 9.59 Å². The average molecular weight is 364 g/mol. The first kappa shape index (κ1) is 17.0. The van der Waals surface area contributed by atoms with Crippen molar-refractivity contribution in [3.05, 3.63) is 41.9 Å². The molecule has 0 atom stereocenters. The highest BCUT2D eigenvalue weighted by molar-refractivity contribution is 6.16. The third kappa shape index (κ3) is 3.63.